The van der Waals surface area contributed by atoms with Crippen molar-refractivity contribution in [3.8, 4) is 0 Å². The number of aromatic nitrogens is 2. The first-order valence-electron chi connectivity index (χ1n) is 4.67. The maximum Gasteiger partial charge on any atom is 0.255 e. The fraction of sp³-hybridized carbons (Fsp3) is 0.778. The van der Waals surface area contributed by atoms with E-state index in [4.69, 9.17) is 15.0 Å². The van der Waals surface area contributed by atoms with Crippen molar-refractivity contribution in [3.05, 3.63) is 11.7 Å². The highest BCUT2D eigenvalue weighted by Gasteiger charge is 2.26. The van der Waals surface area contributed by atoms with E-state index >= 15 is 0 Å². The molecule has 0 radical (unpaired) electrons. The Kier molecular flexibility index (Phi) is 3.23. The Morgan fingerprint density at radius 3 is 2.79 bits per heavy atom. The number of nitrogens with zero attached hydrogens (tertiary/aromatic N) is 2. The summed E-state index contributed by atoms with van der Waals surface area (Å²) in [4.78, 5) is 4.20. The lowest BCUT2D eigenvalue weighted by Crippen LogP contribution is -2.33. The Balaban J connectivity index is 2.88. The Hall–Kier alpha value is -0.940. The summed E-state index contributed by atoms with van der Waals surface area (Å²) in [6, 6.07) is 0. The molecular weight excluding hydrogens is 182 g/mol. The zero-order valence-corrected chi connectivity index (χ0v) is 9.07. The second kappa shape index (κ2) is 4.06. The van der Waals surface area contributed by atoms with Crippen LogP contribution in [0.2, 0.25) is 0 Å². The molecule has 0 aliphatic carbocycles. The molecule has 5 heteroatoms. The molecule has 0 saturated heterocycles. The predicted molar refractivity (Wildman–Crippen MR) is 51.6 cm³/mol. The van der Waals surface area contributed by atoms with Crippen LogP contribution < -0.4 is 5.73 Å². The molecule has 1 aromatic rings. The molecular formula is C9H17N3O2. The highest BCUT2D eigenvalue weighted by Crippen LogP contribution is 2.20. The zero-order chi connectivity index (χ0) is 10.8. The summed E-state index contributed by atoms with van der Waals surface area (Å²) in [5.74, 6) is 0.992. The van der Waals surface area contributed by atoms with Crippen molar-refractivity contribution < 1.29 is 9.26 Å². The van der Waals surface area contributed by atoms with Crippen LogP contribution in [0.25, 0.3) is 0 Å². The standard InChI is InChI=1S/C9H17N3O2/c1-5-9(3,10)8-11-7(14-12-8)6(2)13-4/h6H,5,10H2,1-4H3. The Labute approximate surface area is 83.6 Å². The summed E-state index contributed by atoms with van der Waals surface area (Å²) in [6.45, 7) is 5.70. The average molecular weight is 199 g/mol. The van der Waals surface area contributed by atoms with Crippen LogP contribution in [-0.4, -0.2) is 17.3 Å². The Bertz CT molecular complexity index is 296. The molecule has 14 heavy (non-hydrogen) atoms. The molecule has 0 aliphatic heterocycles. The summed E-state index contributed by atoms with van der Waals surface area (Å²) in [7, 11) is 1.59. The van der Waals surface area contributed by atoms with Crippen LogP contribution in [-0.2, 0) is 10.3 Å². The van der Waals surface area contributed by atoms with Gasteiger partial charge in [-0.1, -0.05) is 12.1 Å². The van der Waals surface area contributed by atoms with Crippen LogP contribution in [0, 0.1) is 0 Å². The van der Waals surface area contributed by atoms with Crippen LogP contribution in [0.15, 0.2) is 4.52 Å². The molecule has 1 rings (SSSR count). The van der Waals surface area contributed by atoms with Gasteiger partial charge < -0.3 is 15.0 Å². The Morgan fingerprint density at radius 2 is 2.29 bits per heavy atom. The number of ether oxygens (including phenoxy) is 1. The van der Waals surface area contributed by atoms with Gasteiger partial charge in [-0.3, -0.25) is 0 Å². The molecule has 2 unspecified atom stereocenters. The van der Waals surface area contributed by atoms with Crippen LogP contribution >= 0.6 is 0 Å². The third-order valence-electron chi connectivity index (χ3n) is 2.39. The smallest absolute Gasteiger partial charge is 0.255 e. The van der Waals surface area contributed by atoms with E-state index in [1.807, 2.05) is 20.8 Å². The molecule has 80 valence electrons. The van der Waals surface area contributed by atoms with Gasteiger partial charge in [-0.25, -0.2) is 0 Å². The molecule has 1 heterocycles. The second-order valence-electron chi connectivity index (χ2n) is 3.61. The number of hydrogen-bond donors (Lipinski definition) is 1. The van der Waals surface area contributed by atoms with E-state index in [0.29, 0.717) is 11.7 Å². The molecule has 0 fully saturated rings. The SMILES string of the molecule is CCC(C)(N)c1noc(C(C)OC)n1. The van der Waals surface area contributed by atoms with E-state index < -0.39 is 5.54 Å². The maximum atomic E-state index is 5.97. The van der Waals surface area contributed by atoms with Crippen molar-refractivity contribution in [2.24, 2.45) is 5.73 Å². The van der Waals surface area contributed by atoms with Crippen molar-refractivity contribution in [2.75, 3.05) is 7.11 Å². The highest BCUT2D eigenvalue weighted by atomic mass is 16.5. The van der Waals surface area contributed by atoms with E-state index in [1.54, 1.807) is 7.11 Å². The van der Waals surface area contributed by atoms with Gasteiger partial charge in [0.2, 0.25) is 0 Å². The van der Waals surface area contributed by atoms with E-state index in [0.717, 1.165) is 6.42 Å². The van der Waals surface area contributed by atoms with Crippen molar-refractivity contribution in [1.82, 2.24) is 10.1 Å². The van der Waals surface area contributed by atoms with Crippen molar-refractivity contribution in [2.45, 2.75) is 38.8 Å². The van der Waals surface area contributed by atoms with E-state index in [9.17, 15) is 0 Å². The number of methoxy groups -OCH3 is 1. The Morgan fingerprint density at radius 1 is 1.64 bits per heavy atom. The van der Waals surface area contributed by atoms with Crippen molar-refractivity contribution in [3.63, 3.8) is 0 Å². The molecule has 0 saturated carbocycles. The summed E-state index contributed by atoms with van der Waals surface area (Å²) in [6.07, 6.45) is 0.566. The monoisotopic (exact) mass is 199 g/mol. The van der Waals surface area contributed by atoms with E-state index in [-0.39, 0.29) is 6.10 Å². The first-order chi connectivity index (χ1) is 6.51. The molecule has 0 amide bonds. The normalized spacial score (nSPS) is 17.8. The van der Waals surface area contributed by atoms with Gasteiger partial charge in [0.15, 0.2) is 5.82 Å². The van der Waals surface area contributed by atoms with Crippen molar-refractivity contribution >= 4 is 0 Å². The first-order valence-corrected chi connectivity index (χ1v) is 4.67. The highest BCUT2D eigenvalue weighted by molar-refractivity contribution is 5.01. The topological polar surface area (TPSA) is 74.2 Å². The lowest BCUT2D eigenvalue weighted by molar-refractivity contribution is 0.0886. The number of nitrogens with two attached hydrogens (primary N) is 1. The average Bonchev–Trinajstić information content (AvgIpc) is 2.66. The van der Waals surface area contributed by atoms with E-state index in [1.165, 1.54) is 0 Å². The minimum absolute atomic E-state index is 0.191. The fourth-order valence-electron chi connectivity index (χ4n) is 0.891. The lowest BCUT2D eigenvalue weighted by Gasteiger charge is -2.16. The zero-order valence-electron chi connectivity index (χ0n) is 9.07. The van der Waals surface area contributed by atoms with Crippen molar-refractivity contribution in [1.29, 1.82) is 0 Å². The lowest BCUT2D eigenvalue weighted by atomic mass is 10.0. The fourth-order valence-corrected chi connectivity index (χ4v) is 0.891. The quantitative estimate of drug-likeness (QED) is 0.792. The van der Waals surface area contributed by atoms with Gasteiger partial charge >= 0.3 is 0 Å². The van der Waals surface area contributed by atoms with Gasteiger partial charge in [0.1, 0.15) is 6.10 Å². The van der Waals surface area contributed by atoms with Gasteiger partial charge in [-0.2, -0.15) is 4.98 Å². The summed E-state index contributed by atoms with van der Waals surface area (Å²) in [5, 5.41) is 3.84. The second-order valence-corrected chi connectivity index (χ2v) is 3.61. The van der Waals surface area contributed by atoms with Crippen LogP contribution in [0.1, 0.15) is 45.0 Å². The summed E-state index contributed by atoms with van der Waals surface area (Å²) in [5.41, 5.74) is 5.43. The van der Waals surface area contributed by atoms with Crippen LogP contribution in [0.5, 0.6) is 0 Å². The largest absolute Gasteiger partial charge is 0.372 e. The third-order valence-corrected chi connectivity index (χ3v) is 2.39. The van der Waals surface area contributed by atoms with Gasteiger partial charge in [-0.15, -0.1) is 0 Å². The molecule has 1 aromatic heterocycles. The van der Waals surface area contributed by atoms with Gasteiger partial charge in [0.25, 0.3) is 5.89 Å². The van der Waals surface area contributed by atoms with Crippen LogP contribution in [0.4, 0.5) is 0 Å². The molecule has 0 bridgehead atoms. The minimum atomic E-state index is -0.533. The molecule has 0 aromatic carbocycles. The van der Waals surface area contributed by atoms with Gasteiger partial charge in [-0.05, 0) is 20.3 Å². The third kappa shape index (κ3) is 2.10. The molecule has 0 spiro atoms. The minimum Gasteiger partial charge on any atom is -0.372 e. The number of rotatable bonds is 4. The number of hydrogen-bond acceptors (Lipinski definition) is 5. The summed E-state index contributed by atoms with van der Waals surface area (Å²) < 4.78 is 10.1. The predicted octanol–water partition coefficient (Wildman–Crippen LogP) is 1.36. The van der Waals surface area contributed by atoms with Gasteiger partial charge in [0.05, 0.1) is 5.54 Å². The molecule has 2 atom stereocenters. The first kappa shape index (κ1) is 11.1. The van der Waals surface area contributed by atoms with Gasteiger partial charge in [0, 0.05) is 7.11 Å². The van der Waals surface area contributed by atoms with Crippen LogP contribution in [0.3, 0.4) is 0 Å². The molecule has 5 nitrogen and oxygen atoms in total. The summed E-state index contributed by atoms with van der Waals surface area (Å²) >= 11 is 0. The van der Waals surface area contributed by atoms with E-state index in [2.05, 4.69) is 10.1 Å². The molecule has 2 N–H and O–H groups in total. The molecule has 0 aliphatic rings. The maximum absolute atomic E-state index is 5.97.